The van der Waals surface area contributed by atoms with Gasteiger partial charge in [-0.25, -0.2) is 9.67 Å². The van der Waals surface area contributed by atoms with Crippen LogP contribution in [0.15, 0.2) is 0 Å². The molecule has 0 saturated carbocycles. The smallest absolute Gasteiger partial charge is 0.369 e. The number of carbonyl (C=O) groups excluding carboxylic acids is 1. The van der Waals surface area contributed by atoms with Crippen molar-refractivity contribution in [3.8, 4) is 0 Å². The summed E-state index contributed by atoms with van der Waals surface area (Å²) in [5, 5.41) is 3.73. The van der Waals surface area contributed by atoms with Gasteiger partial charge in [0.2, 0.25) is 5.91 Å². The number of rotatable bonds is 4. The van der Waals surface area contributed by atoms with E-state index in [1.54, 1.807) is 6.92 Å². The normalized spacial score (nSPS) is 23.2. The summed E-state index contributed by atoms with van der Waals surface area (Å²) in [7, 11) is 0. The van der Waals surface area contributed by atoms with E-state index < -0.39 is 24.2 Å². The van der Waals surface area contributed by atoms with Gasteiger partial charge in [-0.3, -0.25) is 4.79 Å². The molecule has 2 heterocycles. The maximum Gasteiger partial charge on any atom is 0.408 e. The highest BCUT2D eigenvalue weighted by molar-refractivity contribution is 5.75. The number of nitrogens with two attached hydrogens (primary N) is 1. The van der Waals surface area contributed by atoms with E-state index in [1.165, 1.54) is 0 Å². The van der Waals surface area contributed by atoms with Crippen LogP contribution in [-0.2, 0) is 28.1 Å². The molecule has 1 aliphatic rings. The molecule has 0 spiro atoms. The van der Waals surface area contributed by atoms with E-state index in [-0.39, 0.29) is 18.1 Å². The summed E-state index contributed by atoms with van der Waals surface area (Å²) in [5.41, 5.74) is 4.11. The van der Waals surface area contributed by atoms with Crippen molar-refractivity contribution in [2.24, 2.45) is 5.73 Å². The first-order chi connectivity index (χ1) is 9.20. The molecule has 1 fully saturated rings. The van der Waals surface area contributed by atoms with Crippen LogP contribution in [0.5, 0.6) is 0 Å². The van der Waals surface area contributed by atoms with Crippen LogP contribution in [0.2, 0.25) is 0 Å². The second kappa shape index (κ2) is 5.04. The first-order valence-electron chi connectivity index (χ1n) is 6.13. The van der Waals surface area contributed by atoms with Gasteiger partial charge in [-0.2, -0.15) is 18.3 Å². The van der Waals surface area contributed by atoms with Gasteiger partial charge in [0.25, 0.3) is 0 Å². The average molecular weight is 292 g/mol. The van der Waals surface area contributed by atoms with E-state index in [2.05, 4.69) is 10.1 Å². The predicted molar refractivity (Wildman–Crippen MR) is 61.5 cm³/mol. The van der Waals surface area contributed by atoms with Crippen LogP contribution in [0.4, 0.5) is 13.2 Å². The Morgan fingerprint density at radius 2 is 2.25 bits per heavy atom. The monoisotopic (exact) mass is 292 g/mol. The molecular formula is C11H15F3N4O2. The highest BCUT2D eigenvalue weighted by Crippen LogP contribution is 2.35. The number of aromatic nitrogens is 3. The van der Waals surface area contributed by atoms with Gasteiger partial charge in [-0.1, -0.05) is 0 Å². The van der Waals surface area contributed by atoms with Gasteiger partial charge in [0, 0.05) is 6.61 Å². The number of alkyl halides is 3. The van der Waals surface area contributed by atoms with E-state index in [1.807, 2.05) is 0 Å². The summed E-state index contributed by atoms with van der Waals surface area (Å²) in [6, 6.07) is 0. The molecule has 0 bridgehead atoms. The van der Waals surface area contributed by atoms with Gasteiger partial charge in [0.05, 0.1) is 6.42 Å². The van der Waals surface area contributed by atoms with E-state index in [4.69, 9.17) is 10.5 Å². The van der Waals surface area contributed by atoms with Gasteiger partial charge >= 0.3 is 6.18 Å². The van der Waals surface area contributed by atoms with Crippen molar-refractivity contribution in [1.82, 2.24) is 14.8 Å². The molecule has 1 unspecified atom stereocenters. The van der Waals surface area contributed by atoms with E-state index in [9.17, 15) is 18.0 Å². The molecule has 0 aromatic carbocycles. The molecule has 1 saturated heterocycles. The molecular weight excluding hydrogens is 277 g/mol. The van der Waals surface area contributed by atoms with Crippen molar-refractivity contribution in [3.63, 3.8) is 0 Å². The minimum atomic E-state index is -4.43. The van der Waals surface area contributed by atoms with Crippen molar-refractivity contribution in [2.75, 3.05) is 6.61 Å². The molecule has 2 rings (SSSR count). The summed E-state index contributed by atoms with van der Waals surface area (Å²) < 4.78 is 44.0. The fourth-order valence-corrected chi connectivity index (χ4v) is 2.25. The number of halogens is 3. The van der Waals surface area contributed by atoms with Gasteiger partial charge in [-0.05, 0) is 19.8 Å². The second-order valence-corrected chi connectivity index (χ2v) is 4.95. The molecule has 9 heteroatoms. The van der Waals surface area contributed by atoms with Crippen molar-refractivity contribution in [3.05, 3.63) is 11.6 Å². The molecule has 1 aromatic heterocycles. The maximum absolute atomic E-state index is 12.6. The van der Waals surface area contributed by atoms with Crippen LogP contribution >= 0.6 is 0 Å². The molecule has 1 aromatic rings. The third-order valence-corrected chi connectivity index (χ3v) is 3.07. The highest BCUT2D eigenvalue weighted by atomic mass is 19.4. The Morgan fingerprint density at radius 3 is 2.75 bits per heavy atom. The number of carbonyl (C=O) groups is 1. The van der Waals surface area contributed by atoms with Gasteiger partial charge in [0.15, 0.2) is 11.6 Å². The van der Waals surface area contributed by atoms with Crippen LogP contribution in [0, 0.1) is 0 Å². The van der Waals surface area contributed by atoms with Crippen molar-refractivity contribution in [2.45, 2.75) is 44.5 Å². The number of hydrogen-bond donors (Lipinski definition) is 1. The lowest BCUT2D eigenvalue weighted by Crippen LogP contribution is -2.29. The van der Waals surface area contributed by atoms with Crippen LogP contribution in [0.25, 0.3) is 0 Å². The Bertz CT molecular complexity index is 506. The van der Waals surface area contributed by atoms with E-state index in [0.717, 1.165) is 11.1 Å². The standard InChI is InChI=1S/C11H15F3N4O2/c1-10(3-2-4-20-10)9-16-8(5-7(15)19)17-18(9)6-11(12,13)14/h2-6H2,1H3,(H2,15,19). The average Bonchev–Trinajstić information content (AvgIpc) is 2.83. The highest BCUT2D eigenvalue weighted by Gasteiger charge is 2.40. The molecule has 1 atom stereocenters. The molecule has 0 radical (unpaired) electrons. The third-order valence-electron chi connectivity index (χ3n) is 3.07. The van der Waals surface area contributed by atoms with Crippen molar-refractivity contribution < 1.29 is 22.7 Å². The number of amides is 1. The second-order valence-electron chi connectivity index (χ2n) is 4.95. The Hall–Kier alpha value is -1.64. The molecule has 1 aliphatic heterocycles. The van der Waals surface area contributed by atoms with E-state index in [0.29, 0.717) is 13.0 Å². The van der Waals surface area contributed by atoms with Gasteiger partial charge in [0.1, 0.15) is 12.1 Å². The largest absolute Gasteiger partial charge is 0.408 e. The zero-order valence-electron chi connectivity index (χ0n) is 10.9. The van der Waals surface area contributed by atoms with E-state index >= 15 is 0 Å². The van der Waals surface area contributed by atoms with Gasteiger partial charge in [-0.15, -0.1) is 0 Å². The van der Waals surface area contributed by atoms with Crippen molar-refractivity contribution >= 4 is 5.91 Å². The SMILES string of the molecule is CC1(c2nc(CC(N)=O)nn2CC(F)(F)F)CCCO1. The zero-order valence-corrected chi connectivity index (χ0v) is 10.9. The van der Waals surface area contributed by atoms with Crippen LogP contribution in [0.3, 0.4) is 0 Å². The topological polar surface area (TPSA) is 83.0 Å². The number of primary amides is 1. The Kier molecular flexibility index (Phi) is 3.72. The first-order valence-corrected chi connectivity index (χ1v) is 6.13. The first kappa shape index (κ1) is 14.8. The molecule has 6 nitrogen and oxygen atoms in total. The van der Waals surface area contributed by atoms with Gasteiger partial charge < -0.3 is 10.5 Å². The number of nitrogens with zero attached hydrogens (tertiary/aromatic N) is 3. The fraction of sp³-hybridized carbons (Fsp3) is 0.727. The number of hydrogen-bond acceptors (Lipinski definition) is 4. The maximum atomic E-state index is 12.6. The minimum Gasteiger partial charge on any atom is -0.369 e. The van der Waals surface area contributed by atoms with Crippen LogP contribution in [-0.4, -0.2) is 33.5 Å². The Balaban J connectivity index is 2.36. The summed E-state index contributed by atoms with van der Waals surface area (Å²) in [4.78, 5) is 14.9. The van der Waals surface area contributed by atoms with Crippen LogP contribution < -0.4 is 5.73 Å². The Morgan fingerprint density at radius 1 is 1.55 bits per heavy atom. The number of ether oxygens (including phenoxy) is 1. The Labute approximate surface area is 113 Å². The third kappa shape index (κ3) is 3.27. The lowest BCUT2D eigenvalue weighted by atomic mass is 10.0. The minimum absolute atomic E-state index is 0.0199. The molecule has 1 amide bonds. The molecule has 20 heavy (non-hydrogen) atoms. The lowest BCUT2D eigenvalue weighted by Gasteiger charge is -2.22. The lowest BCUT2D eigenvalue weighted by molar-refractivity contribution is -0.144. The summed E-state index contributed by atoms with van der Waals surface area (Å²) >= 11 is 0. The molecule has 0 aliphatic carbocycles. The predicted octanol–water partition coefficient (Wildman–Crippen LogP) is 0.894. The fourth-order valence-electron chi connectivity index (χ4n) is 2.25. The zero-order chi connectivity index (χ0) is 15.0. The van der Waals surface area contributed by atoms with Crippen LogP contribution in [0.1, 0.15) is 31.4 Å². The summed E-state index contributed by atoms with van der Waals surface area (Å²) in [5.74, 6) is -0.629. The van der Waals surface area contributed by atoms with Crippen molar-refractivity contribution in [1.29, 1.82) is 0 Å². The summed E-state index contributed by atoms with van der Waals surface area (Å²) in [6.45, 7) is 0.860. The summed E-state index contributed by atoms with van der Waals surface area (Å²) in [6.07, 6.45) is -3.44. The molecule has 112 valence electrons. The quantitative estimate of drug-likeness (QED) is 0.893. The molecule has 2 N–H and O–H groups in total.